The number of hydrogen-bond donors (Lipinski definition) is 2. The second kappa shape index (κ2) is 6.01. The van der Waals surface area contributed by atoms with Crippen LogP contribution in [0.4, 0.5) is 0 Å². The molecule has 28 heavy (non-hydrogen) atoms. The minimum atomic E-state index is -0.916. The zero-order valence-corrected chi connectivity index (χ0v) is 15.0. The molecule has 8 bridgehead atoms. The molecule has 0 radical (unpaired) electrons. The van der Waals surface area contributed by atoms with Crippen molar-refractivity contribution < 1.29 is 0 Å². The molecule has 2 N–H and O–H groups in total. The van der Waals surface area contributed by atoms with Gasteiger partial charge >= 0.3 is 0 Å². The van der Waals surface area contributed by atoms with E-state index in [2.05, 4.69) is 26.8 Å². The summed E-state index contributed by atoms with van der Waals surface area (Å²) in [7, 11) is 0. The number of nitrogens with zero attached hydrogens (tertiary/aromatic N) is 2. The van der Waals surface area contributed by atoms with Crippen molar-refractivity contribution in [3.63, 3.8) is 0 Å². The molecule has 5 rings (SSSR count). The average Bonchev–Trinajstić information content (AvgIpc) is 3.47. The molecule has 0 amide bonds. The molecule has 2 aromatic rings. The molecule has 4 heteroatoms. The third kappa shape index (κ3) is 2.60. The summed E-state index contributed by atoms with van der Waals surface area (Å²) in [6.07, 6.45) is 25.5. The van der Waals surface area contributed by atoms with Gasteiger partial charge in [-0.05, 0) is 66.8 Å². The smallest absolute Gasteiger partial charge is 0.159 e. The van der Waals surface area contributed by atoms with E-state index in [0.29, 0.717) is 0 Å². The summed E-state index contributed by atoms with van der Waals surface area (Å²) in [5.74, 6) is 5.25. The second-order valence-electron chi connectivity index (χ2n) is 6.91. The SMILES string of the molecule is C#CC1c2ccc([nH]2)C=c2ccc([nH]2)=CC2=NC(=CC3=NC1(C#C)C=C3)C=C2. The van der Waals surface area contributed by atoms with Crippen LogP contribution in [0.15, 0.2) is 70.3 Å². The maximum Gasteiger partial charge on any atom is 0.159 e. The van der Waals surface area contributed by atoms with Gasteiger partial charge in [0.05, 0.1) is 23.0 Å². The van der Waals surface area contributed by atoms with Crippen LogP contribution in [-0.2, 0) is 0 Å². The summed E-state index contributed by atoms with van der Waals surface area (Å²) in [6, 6.07) is 8.02. The second-order valence-corrected chi connectivity index (χ2v) is 6.91. The third-order valence-electron chi connectivity index (χ3n) is 5.03. The average molecular weight is 360 g/mol. The van der Waals surface area contributed by atoms with Gasteiger partial charge in [0.15, 0.2) is 5.54 Å². The number of nitrogens with one attached hydrogen (secondary N) is 2. The van der Waals surface area contributed by atoms with E-state index in [1.54, 1.807) is 0 Å². The van der Waals surface area contributed by atoms with E-state index in [1.807, 2.05) is 66.8 Å². The minimum absolute atomic E-state index is 0.398. The van der Waals surface area contributed by atoms with Gasteiger partial charge in [-0.15, -0.1) is 12.8 Å². The Morgan fingerprint density at radius 3 is 2.57 bits per heavy atom. The van der Waals surface area contributed by atoms with Crippen LogP contribution in [0.3, 0.4) is 0 Å². The molecule has 0 fully saturated rings. The first-order valence-corrected chi connectivity index (χ1v) is 8.96. The van der Waals surface area contributed by atoms with E-state index >= 15 is 0 Å². The summed E-state index contributed by atoms with van der Waals surface area (Å²) in [5.41, 5.74) is 3.35. The fraction of sp³-hybridized carbons (Fsp3) is 0.0833. The number of allylic oxidation sites excluding steroid dienone is 4. The predicted octanol–water partition coefficient (Wildman–Crippen LogP) is 1.96. The van der Waals surface area contributed by atoms with Crippen molar-refractivity contribution in [2.24, 2.45) is 9.98 Å². The normalized spacial score (nSPS) is 24.4. The molecular formula is C24H16N4. The number of aromatic nitrogens is 2. The monoisotopic (exact) mass is 360 g/mol. The molecule has 2 unspecified atom stereocenters. The molecule has 0 aliphatic carbocycles. The molecule has 4 nitrogen and oxygen atoms in total. The van der Waals surface area contributed by atoms with Crippen LogP contribution >= 0.6 is 0 Å². The first kappa shape index (κ1) is 16.2. The molecule has 3 aliphatic rings. The van der Waals surface area contributed by atoms with Crippen LogP contribution in [0.1, 0.15) is 17.3 Å². The largest absolute Gasteiger partial charge is 0.358 e. The molecule has 0 saturated heterocycles. The van der Waals surface area contributed by atoms with Crippen LogP contribution in [-0.4, -0.2) is 26.9 Å². The van der Waals surface area contributed by atoms with Crippen LogP contribution in [0.2, 0.25) is 0 Å². The Morgan fingerprint density at radius 2 is 1.75 bits per heavy atom. The van der Waals surface area contributed by atoms with E-state index < -0.39 is 11.5 Å². The summed E-state index contributed by atoms with van der Waals surface area (Å²) in [6.45, 7) is 0. The number of aliphatic imine (C=N–C) groups is 2. The number of aromatic amines is 2. The maximum absolute atomic E-state index is 5.90. The first-order chi connectivity index (χ1) is 13.7. The summed E-state index contributed by atoms with van der Waals surface area (Å²) in [5, 5.41) is 1.97. The van der Waals surface area contributed by atoms with Gasteiger partial charge in [0, 0.05) is 22.1 Å². The number of terminal acetylenes is 2. The van der Waals surface area contributed by atoms with Gasteiger partial charge in [0.25, 0.3) is 0 Å². The fourth-order valence-corrected chi connectivity index (χ4v) is 3.67. The highest BCUT2D eigenvalue weighted by Crippen LogP contribution is 2.35. The van der Waals surface area contributed by atoms with Crippen LogP contribution in [0, 0.1) is 24.7 Å². The zero-order chi connectivity index (χ0) is 19.1. The topological polar surface area (TPSA) is 56.3 Å². The van der Waals surface area contributed by atoms with E-state index in [1.165, 1.54) is 0 Å². The van der Waals surface area contributed by atoms with E-state index in [9.17, 15) is 0 Å². The summed E-state index contributed by atoms with van der Waals surface area (Å²) in [4.78, 5) is 16.2. The van der Waals surface area contributed by atoms with Gasteiger partial charge in [-0.1, -0.05) is 11.8 Å². The van der Waals surface area contributed by atoms with Crippen molar-refractivity contribution in [1.29, 1.82) is 0 Å². The Bertz CT molecular complexity index is 1340. The number of hydrogen-bond acceptors (Lipinski definition) is 2. The maximum atomic E-state index is 5.90. The fourth-order valence-electron chi connectivity index (χ4n) is 3.67. The van der Waals surface area contributed by atoms with Crippen molar-refractivity contribution in [3.8, 4) is 24.7 Å². The van der Waals surface area contributed by atoms with Gasteiger partial charge in [-0.25, -0.2) is 4.99 Å². The molecule has 3 aliphatic heterocycles. The van der Waals surface area contributed by atoms with Crippen LogP contribution in [0.5, 0.6) is 0 Å². The first-order valence-electron chi connectivity index (χ1n) is 8.96. The molecule has 5 heterocycles. The van der Waals surface area contributed by atoms with Crippen molar-refractivity contribution in [3.05, 3.63) is 82.4 Å². The highest BCUT2D eigenvalue weighted by Gasteiger charge is 2.38. The Kier molecular flexibility index (Phi) is 3.47. The van der Waals surface area contributed by atoms with Crippen molar-refractivity contribution >= 4 is 23.6 Å². The molecule has 0 spiro atoms. The number of fused-ring (bicyclic) bond motifs is 6. The van der Waals surface area contributed by atoms with E-state index in [0.717, 1.165) is 39.2 Å². The lowest BCUT2D eigenvalue weighted by Gasteiger charge is -2.24. The quantitative estimate of drug-likeness (QED) is 0.675. The van der Waals surface area contributed by atoms with Gasteiger partial charge in [-0.3, -0.25) is 4.99 Å². The molecule has 132 valence electrons. The van der Waals surface area contributed by atoms with Crippen LogP contribution < -0.4 is 10.7 Å². The predicted molar refractivity (Wildman–Crippen MR) is 113 cm³/mol. The number of rotatable bonds is 0. The lowest BCUT2D eigenvalue weighted by molar-refractivity contribution is 0.621. The van der Waals surface area contributed by atoms with Gasteiger partial charge in [0.2, 0.25) is 0 Å². The third-order valence-corrected chi connectivity index (χ3v) is 5.03. The van der Waals surface area contributed by atoms with E-state index in [4.69, 9.17) is 17.8 Å². The Morgan fingerprint density at radius 1 is 0.893 bits per heavy atom. The highest BCUT2D eigenvalue weighted by atomic mass is 14.9. The molecule has 0 aromatic carbocycles. The highest BCUT2D eigenvalue weighted by molar-refractivity contribution is 6.19. The summed E-state index contributed by atoms with van der Waals surface area (Å²) >= 11 is 0. The standard InChI is InChI=1S/C24H16N4/c1-3-22-23-10-9-20(27-23)14-18-6-5-16(25-18)13-17-7-8-19(26-17)15-21-11-12-24(22,4-2)28-21/h1-2,5-15,22,25,27H. The Balaban J connectivity index is 1.75. The van der Waals surface area contributed by atoms with Gasteiger partial charge < -0.3 is 9.97 Å². The molecular weight excluding hydrogens is 344 g/mol. The van der Waals surface area contributed by atoms with Crippen LogP contribution in [0.25, 0.3) is 12.2 Å². The molecule has 2 aromatic heterocycles. The Labute approximate surface area is 162 Å². The van der Waals surface area contributed by atoms with Gasteiger partial charge in [-0.2, -0.15) is 0 Å². The van der Waals surface area contributed by atoms with Crippen molar-refractivity contribution in [1.82, 2.24) is 9.97 Å². The van der Waals surface area contributed by atoms with Crippen molar-refractivity contribution in [2.75, 3.05) is 0 Å². The van der Waals surface area contributed by atoms with Crippen molar-refractivity contribution in [2.45, 2.75) is 11.5 Å². The molecule has 2 atom stereocenters. The lowest BCUT2D eigenvalue weighted by atomic mass is 9.84. The summed E-state index contributed by atoms with van der Waals surface area (Å²) < 4.78 is 0. The van der Waals surface area contributed by atoms with E-state index in [-0.39, 0.29) is 0 Å². The zero-order valence-electron chi connectivity index (χ0n) is 15.0. The Hall–Kier alpha value is -4.02. The molecule has 0 saturated carbocycles. The van der Waals surface area contributed by atoms with Gasteiger partial charge in [0.1, 0.15) is 0 Å². The number of H-pyrrole nitrogens is 2. The lowest BCUT2D eigenvalue weighted by Crippen LogP contribution is -2.28. The minimum Gasteiger partial charge on any atom is -0.358 e.